The Hall–Kier alpha value is -0.400. The minimum Gasteiger partial charge on any atom is -0.174 e. The summed E-state index contributed by atoms with van der Waals surface area (Å²) >= 11 is 0. The van der Waals surface area contributed by atoms with E-state index in [9.17, 15) is 8.78 Å². The van der Waals surface area contributed by atoms with Gasteiger partial charge >= 0.3 is 0 Å². The van der Waals surface area contributed by atoms with Crippen LogP contribution in [0.25, 0.3) is 0 Å². The average Bonchev–Trinajstić information content (AvgIpc) is 2.36. The van der Waals surface area contributed by atoms with Gasteiger partial charge < -0.3 is 0 Å². The van der Waals surface area contributed by atoms with Crippen molar-refractivity contribution >= 4 is 0 Å². The van der Waals surface area contributed by atoms with E-state index in [0.717, 1.165) is 12.5 Å². The second kappa shape index (κ2) is 11.4. The summed E-state index contributed by atoms with van der Waals surface area (Å²) in [4.78, 5) is 0. The predicted octanol–water partition coefficient (Wildman–Crippen LogP) is 7.10. The van der Waals surface area contributed by atoms with Crippen LogP contribution in [-0.2, 0) is 0 Å². The van der Waals surface area contributed by atoms with E-state index in [4.69, 9.17) is 0 Å². The lowest BCUT2D eigenvalue weighted by molar-refractivity contribution is 0.233. The Kier molecular flexibility index (Phi) is 11.2. The maximum absolute atomic E-state index is 12.1. The molecule has 0 aromatic carbocycles. The molecule has 0 nitrogen and oxygen atoms in total. The summed E-state index contributed by atoms with van der Waals surface area (Å²) < 4.78 is 24.2. The number of halogens is 2. The Morgan fingerprint density at radius 2 is 1.42 bits per heavy atom. The molecule has 0 spiro atoms. The van der Waals surface area contributed by atoms with Crippen molar-refractivity contribution in [3.63, 3.8) is 0 Å². The van der Waals surface area contributed by atoms with Crippen LogP contribution in [0.2, 0.25) is 0 Å². The molecule has 0 bridgehead atoms. The molecule has 0 N–H and O–H groups in total. The first kappa shape index (κ1) is 18.6. The molecule has 19 heavy (non-hydrogen) atoms. The maximum atomic E-state index is 12.1. The summed E-state index contributed by atoms with van der Waals surface area (Å²) in [6.07, 6.45) is 12.2. The van der Waals surface area contributed by atoms with E-state index in [0.29, 0.717) is 6.42 Å². The molecule has 0 aromatic rings. The highest BCUT2D eigenvalue weighted by Gasteiger charge is 2.22. The number of allylic oxidation sites excluding steroid dienone is 1. The highest BCUT2D eigenvalue weighted by atomic mass is 19.3. The quantitative estimate of drug-likeness (QED) is 0.333. The maximum Gasteiger partial charge on any atom is 0.266 e. The Morgan fingerprint density at radius 1 is 0.842 bits per heavy atom. The van der Waals surface area contributed by atoms with Gasteiger partial charge in [-0.05, 0) is 37.2 Å². The van der Waals surface area contributed by atoms with E-state index in [1.165, 1.54) is 57.8 Å². The largest absolute Gasteiger partial charge is 0.266 e. The van der Waals surface area contributed by atoms with Crippen molar-refractivity contribution in [3.05, 3.63) is 12.2 Å². The smallest absolute Gasteiger partial charge is 0.174 e. The molecule has 0 heterocycles. The Labute approximate surface area is 118 Å². The van der Waals surface area contributed by atoms with Gasteiger partial charge in [-0.2, -0.15) is 8.78 Å². The molecule has 0 saturated carbocycles. The lowest BCUT2D eigenvalue weighted by atomic mass is 9.76. The summed E-state index contributed by atoms with van der Waals surface area (Å²) in [5, 5.41) is 0. The third-order valence-corrected chi connectivity index (χ3v) is 4.06. The SMILES string of the molecule is CCCCCCCC(C)(CCC=C(F)F)CCCC. The van der Waals surface area contributed by atoms with Crippen molar-refractivity contribution in [3.8, 4) is 0 Å². The predicted molar refractivity (Wildman–Crippen MR) is 80.5 cm³/mol. The molecular formula is C17H32F2. The molecule has 0 aliphatic rings. The molecule has 114 valence electrons. The highest BCUT2D eigenvalue weighted by Crippen LogP contribution is 2.36. The lowest BCUT2D eigenvalue weighted by Crippen LogP contribution is -2.16. The molecule has 0 saturated heterocycles. The number of unbranched alkanes of at least 4 members (excludes halogenated alkanes) is 5. The van der Waals surface area contributed by atoms with Gasteiger partial charge in [0.25, 0.3) is 6.08 Å². The molecule has 1 unspecified atom stereocenters. The number of hydrogen-bond acceptors (Lipinski definition) is 0. The average molecular weight is 274 g/mol. The van der Waals surface area contributed by atoms with Crippen molar-refractivity contribution in [2.75, 3.05) is 0 Å². The van der Waals surface area contributed by atoms with Gasteiger partial charge in [0.1, 0.15) is 0 Å². The van der Waals surface area contributed by atoms with Gasteiger partial charge in [-0.1, -0.05) is 65.7 Å². The van der Waals surface area contributed by atoms with Crippen LogP contribution in [-0.4, -0.2) is 0 Å². The Morgan fingerprint density at radius 3 is 2.00 bits per heavy atom. The third kappa shape index (κ3) is 11.1. The van der Waals surface area contributed by atoms with Gasteiger partial charge in [0, 0.05) is 0 Å². The van der Waals surface area contributed by atoms with Crippen LogP contribution >= 0.6 is 0 Å². The van der Waals surface area contributed by atoms with Crippen molar-refractivity contribution < 1.29 is 8.78 Å². The molecule has 0 radical (unpaired) electrons. The fraction of sp³-hybridized carbons (Fsp3) is 0.882. The second-order valence-corrected chi connectivity index (χ2v) is 6.11. The zero-order chi connectivity index (χ0) is 14.6. The Bertz CT molecular complexity index is 231. The van der Waals surface area contributed by atoms with Crippen LogP contribution in [0.1, 0.15) is 91.4 Å². The second-order valence-electron chi connectivity index (χ2n) is 6.11. The third-order valence-electron chi connectivity index (χ3n) is 4.06. The van der Waals surface area contributed by atoms with Gasteiger partial charge in [0.2, 0.25) is 0 Å². The van der Waals surface area contributed by atoms with E-state index in [-0.39, 0.29) is 5.41 Å². The normalized spacial score (nSPS) is 14.2. The molecule has 0 fully saturated rings. The van der Waals surface area contributed by atoms with E-state index < -0.39 is 6.08 Å². The van der Waals surface area contributed by atoms with Crippen LogP contribution in [0, 0.1) is 5.41 Å². The van der Waals surface area contributed by atoms with Crippen LogP contribution < -0.4 is 0 Å². The number of rotatable bonds is 12. The molecule has 1 atom stereocenters. The summed E-state index contributed by atoms with van der Waals surface area (Å²) in [5.41, 5.74) is 0.258. The van der Waals surface area contributed by atoms with E-state index in [1.807, 2.05) is 0 Å². The van der Waals surface area contributed by atoms with Crippen LogP contribution in [0.4, 0.5) is 8.78 Å². The molecule has 0 aliphatic carbocycles. The molecular weight excluding hydrogens is 242 g/mol. The van der Waals surface area contributed by atoms with Crippen molar-refractivity contribution in [2.24, 2.45) is 5.41 Å². The van der Waals surface area contributed by atoms with Crippen molar-refractivity contribution in [2.45, 2.75) is 91.4 Å². The van der Waals surface area contributed by atoms with Crippen molar-refractivity contribution in [1.82, 2.24) is 0 Å². The van der Waals surface area contributed by atoms with Gasteiger partial charge in [0.15, 0.2) is 0 Å². The highest BCUT2D eigenvalue weighted by molar-refractivity contribution is 4.84. The fourth-order valence-corrected chi connectivity index (χ4v) is 2.66. The fourth-order valence-electron chi connectivity index (χ4n) is 2.66. The van der Waals surface area contributed by atoms with Crippen LogP contribution in [0.15, 0.2) is 12.2 Å². The minimum absolute atomic E-state index is 0.258. The first-order valence-electron chi connectivity index (χ1n) is 8.05. The zero-order valence-electron chi connectivity index (χ0n) is 13.1. The van der Waals surface area contributed by atoms with E-state index in [1.54, 1.807) is 0 Å². The molecule has 0 rings (SSSR count). The van der Waals surface area contributed by atoms with Gasteiger partial charge in [-0.25, -0.2) is 0 Å². The summed E-state index contributed by atoms with van der Waals surface area (Å²) in [6.45, 7) is 6.71. The zero-order valence-corrected chi connectivity index (χ0v) is 13.1. The van der Waals surface area contributed by atoms with Crippen LogP contribution in [0.3, 0.4) is 0 Å². The van der Waals surface area contributed by atoms with Crippen molar-refractivity contribution in [1.29, 1.82) is 0 Å². The standard InChI is InChI=1S/C17H32F2/c1-4-6-8-9-10-14-17(3,13-7-5-2)15-11-12-16(18)19/h12H,4-11,13-15H2,1-3H3. The molecule has 0 amide bonds. The Balaban J connectivity index is 4.06. The summed E-state index contributed by atoms with van der Waals surface area (Å²) in [7, 11) is 0. The summed E-state index contributed by atoms with van der Waals surface area (Å²) in [6, 6.07) is 0. The summed E-state index contributed by atoms with van der Waals surface area (Å²) in [5.74, 6) is 0. The first-order chi connectivity index (χ1) is 9.04. The first-order valence-corrected chi connectivity index (χ1v) is 8.05. The van der Waals surface area contributed by atoms with Gasteiger partial charge in [-0.3, -0.25) is 0 Å². The molecule has 0 aromatic heterocycles. The van der Waals surface area contributed by atoms with Gasteiger partial charge in [0.05, 0.1) is 0 Å². The molecule has 0 aliphatic heterocycles. The van der Waals surface area contributed by atoms with E-state index >= 15 is 0 Å². The van der Waals surface area contributed by atoms with E-state index in [2.05, 4.69) is 20.8 Å². The minimum atomic E-state index is -1.53. The van der Waals surface area contributed by atoms with Gasteiger partial charge in [-0.15, -0.1) is 0 Å². The monoisotopic (exact) mass is 274 g/mol. The van der Waals surface area contributed by atoms with Crippen LogP contribution in [0.5, 0.6) is 0 Å². The lowest BCUT2D eigenvalue weighted by Gasteiger charge is -2.29. The number of hydrogen-bond donors (Lipinski definition) is 0. The topological polar surface area (TPSA) is 0 Å². The molecule has 2 heteroatoms.